The summed E-state index contributed by atoms with van der Waals surface area (Å²) in [5.74, 6) is 0. The van der Waals surface area contributed by atoms with Crippen LogP contribution in [-0.2, 0) is 6.42 Å². The molecule has 2 rings (SSSR count). The number of rotatable bonds is 3. The van der Waals surface area contributed by atoms with Crippen LogP contribution in [0, 0.1) is 17.0 Å². The fourth-order valence-electron chi connectivity index (χ4n) is 1.76. The molecule has 0 aliphatic carbocycles. The Hall–Kier alpha value is -2.16. The van der Waals surface area contributed by atoms with Crippen molar-refractivity contribution in [1.29, 1.82) is 0 Å². The van der Waals surface area contributed by atoms with Crippen LogP contribution < -0.4 is 0 Å². The number of hydrogen-bond donors (Lipinski definition) is 0. The Morgan fingerprint density at radius 2 is 1.71 bits per heavy atom. The molecule has 0 unspecified atom stereocenters. The Balaban J connectivity index is 2.20. The van der Waals surface area contributed by atoms with Gasteiger partial charge in [0, 0.05) is 12.1 Å². The Kier molecular flexibility index (Phi) is 3.19. The van der Waals surface area contributed by atoms with Crippen LogP contribution in [0.25, 0.3) is 0 Å². The molecule has 0 aliphatic rings. The summed E-state index contributed by atoms with van der Waals surface area (Å²) in [7, 11) is 0. The fraction of sp³-hybridized carbons (Fsp3) is 0.143. The zero-order valence-electron chi connectivity index (χ0n) is 9.59. The van der Waals surface area contributed by atoms with Crippen molar-refractivity contribution in [2.45, 2.75) is 13.3 Å². The van der Waals surface area contributed by atoms with Crippen molar-refractivity contribution in [3.63, 3.8) is 0 Å². The van der Waals surface area contributed by atoms with Crippen LogP contribution in [0.3, 0.4) is 0 Å². The Bertz CT molecular complexity index is 532. The normalized spacial score (nSPS) is 10.2. The van der Waals surface area contributed by atoms with Crippen LogP contribution in [0.4, 0.5) is 5.69 Å². The molecule has 17 heavy (non-hydrogen) atoms. The van der Waals surface area contributed by atoms with E-state index in [4.69, 9.17) is 0 Å². The van der Waals surface area contributed by atoms with Crippen LogP contribution in [0.15, 0.2) is 48.5 Å². The second-order valence-electron chi connectivity index (χ2n) is 4.03. The van der Waals surface area contributed by atoms with E-state index in [1.807, 2.05) is 24.3 Å². The van der Waals surface area contributed by atoms with Crippen molar-refractivity contribution in [1.82, 2.24) is 0 Å². The van der Waals surface area contributed by atoms with Gasteiger partial charge in [0.05, 0.1) is 4.92 Å². The van der Waals surface area contributed by atoms with Crippen LogP contribution in [0.5, 0.6) is 0 Å². The topological polar surface area (TPSA) is 43.1 Å². The van der Waals surface area contributed by atoms with Gasteiger partial charge in [0.15, 0.2) is 0 Å². The van der Waals surface area contributed by atoms with E-state index in [2.05, 4.69) is 19.1 Å². The molecule has 0 saturated carbocycles. The van der Waals surface area contributed by atoms with Gasteiger partial charge in [-0.3, -0.25) is 10.1 Å². The van der Waals surface area contributed by atoms with Crippen molar-refractivity contribution in [2.75, 3.05) is 0 Å². The van der Waals surface area contributed by atoms with Crippen LogP contribution in [0.1, 0.15) is 16.7 Å². The number of nitrogens with zero attached hydrogens (tertiary/aromatic N) is 1. The lowest BCUT2D eigenvalue weighted by Crippen LogP contribution is -1.92. The third-order valence-electron chi connectivity index (χ3n) is 2.80. The standard InChI is InChI=1S/C14H13NO2/c1-11-4-2-3-5-13(11)10-12-6-8-14(9-7-12)15(16)17/h2-9H,10H2,1H3. The summed E-state index contributed by atoms with van der Waals surface area (Å²) < 4.78 is 0. The second-order valence-corrected chi connectivity index (χ2v) is 4.03. The van der Waals surface area contributed by atoms with Crippen LogP contribution >= 0.6 is 0 Å². The van der Waals surface area contributed by atoms with Gasteiger partial charge >= 0.3 is 0 Å². The summed E-state index contributed by atoms with van der Waals surface area (Å²) in [5.41, 5.74) is 3.72. The van der Waals surface area contributed by atoms with Gasteiger partial charge in [-0.1, -0.05) is 36.4 Å². The highest BCUT2D eigenvalue weighted by Gasteiger charge is 2.05. The van der Waals surface area contributed by atoms with E-state index in [0.717, 1.165) is 12.0 Å². The minimum absolute atomic E-state index is 0.138. The quantitative estimate of drug-likeness (QED) is 0.595. The lowest BCUT2D eigenvalue weighted by atomic mass is 10.0. The van der Waals surface area contributed by atoms with Crippen molar-refractivity contribution < 1.29 is 4.92 Å². The van der Waals surface area contributed by atoms with Crippen LogP contribution in [-0.4, -0.2) is 4.92 Å². The number of benzene rings is 2. The van der Waals surface area contributed by atoms with E-state index in [0.29, 0.717) is 0 Å². The van der Waals surface area contributed by atoms with Crippen molar-refractivity contribution >= 4 is 5.69 Å². The maximum atomic E-state index is 10.5. The van der Waals surface area contributed by atoms with Crippen molar-refractivity contribution in [3.05, 3.63) is 75.3 Å². The van der Waals surface area contributed by atoms with Gasteiger partial charge in [-0.15, -0.1) is 0 Å². The molecular formula is C14H13NO2. The van der Waals surface area contributed by atoms with Gasteiger partial charge in [-0.05, 0) is 30.0 Å². The Labute approximate surface area is 99.9 Å². The average molecular weight is 227 g/mol. The maximum Gasteiger partial charge on any atom is 0.269 e. The number of hydrogen-bond acceptors (Lipinski definition) is 2. The number of nitro groups is 1. The van der Waals surface area contributed by atoms with Crippen LogP contribution in [0.2, 0.25) is 0 Å². The number of aryl methyl sites for hydroxylation is 1. The van der Waals surface area contributed by atoms with Gasteiger partial charge in [-0.2, -0.15) is 0 Å². The zero-order valence-corrected chi connectivity index (χ0v) is 9.59. The Morgan fingerprint density at radius 1 is 1.06 bits per heavy atom. The molecular weight excluding hydrogens is 214 g/mol. The molecule has 0 saturated heterocycles. The highest BCUT2D eigenvalue weighted by molar-refractivity contribution is 5.37. The molecule has 0 N–H and O–H groups in total. The molecule has 0 amide bonds. The fourth-order valence-corrected chi connectivity index (χ4v) is 1.76. The van der Waals surface area contributed by atoms with Gasteiger partial charge in [0.1, 0.15) is 0 Å². The summed E-state index contributed by atoms with van der Waals surface area (Å²) in [4.78, 5) is 10.2. The number of nitro benzene ring substituents is 1. The van der Waals surface area contributed by atoms with Gasteiger partial charge in [0.2, 0.25) is 0 Å². The SMILES string of the molecule is Cc1ccccc1Cc1ccc([N+](=O)[O-])cc1. The smallest absolute Gasteiger partial charge is 0.258 e. The van der Waals surface area contributed by atoms with Crippen molar-refractivity contribution in [2.24, 2.45) is 0 Å². The predicted molar refractivity (Wildman–Crippen MR) is 67.1 cm³/mol. The predicted octanol–water partition coefficient (Wildman–Crippen LogP) is 3.49. The minimum Gasteiger partial charge on any atom is -0.258 e. The molecule has 0 aromatic heterocycles. The molecule has 2 aromatic rings. The first kappa shape index (κ1) is 11.3. The summed E-state index contributed by atoms with van der Waals surface area (Å²) >= 11 is 0. The summed E-state index contributed by atoms with van der Waals surface area (Å²) in [6.07, 6.45) is 0.810. The first-order valence-corrected chi connectivity index (χ1v) is 5.44. The van der Waals surface area contributed by atoms with E-state index in [1.54, 1.807) is 12.1 Å². The summed E-state index contributed by atoms with van der Waals surface area (Å²) in [6.45, 7) is 2.07. The zero-order chi connectivity index (χ0) is 12.3. The third kappa shape index (κ3) is 2.69. The molecule has 0 spiro atoms. The molecule has 86 valence electrons. The van der Waals surface area contributed by atoms with E-state index < -0.39 is 0 Å². The molecule has 3 heteroatoms. The second kappa shape index (κ2) is 4.78. The minimum atomic E-state index is -0.377. The number of non-ortho nitro benzene ring substituents is 1. The molecule has 3 nitrogen and oxygen atoms in total. The molecule has 0 heterocycles. The average Bonchev–Trinajstić information content (AvgIpc) is 2.33. The van der Waals surface area contributed by atoms with E-state index >= 15 is 0 Å². The maximum absolute atomic E-state index is 10.5. The summed E-state index contributed by atoms with van der Waals surface area (Å²) in [6, 6.07) is 14.9. The first-order chi connectivity index (χ1) is 8.16. The first-order valence-electron chi connectivity index (χ1n) is 5.44. The van der Waals surface area contributed by atoms with Crippen molar-refractivity contribution in [3.8, 4) is 0 Å². The lowest BCUT2D eigenvalue weighted by molar-refractivity contribution is -0.384. The van der Waals surface area contributed by atoms with Gasteiger partial charge in [-0.25, -0.2) is 0 Å². The molecule has 2 aromatic carbocycles. The molecule has 0 aliphatic heterocycles. The molecule has 0 bridgehead atoms. The van der Waals surface area contributed by atoms with E-state index in [-0.39, 0.29) is 10.6 Å². The molecule has 0 radical (unpaired) electrons. The highest BCUT2D eigenvalue weighted by atomic mass is 16.6. The Morgan fingerprint density at radius 3 is 2.29 bits per heavy atom. The third-order valence-corrected chi connectivity index (χ3v) is 2.80. The van der Waals surface area contributed by atoms with Gasteiger partial charge < -0.3 is 0 Å². The largest absolute Gasteiger partial charge is 0.269 e. The monoisotopic (exact) mass is 227 g/mol. The molecule has 0 fully saturated rings. The van der Waals surface area contributed by atoms with E-state index in [9.17, 15) is 10.1 Å². The lowest BCUT2D eigenvalue weighted by Gasteiger charge is -2.05. The summed E-state index contributed by atoms with van der Waals surface area (Å²) in [5, 5.41) is 10.5. The van der Waals surface area contributed by atoms with Gasteiger partial charge in [0.25, 0.3) is 5.69 Å². The molecule has 0 atom stereocenters. The van der Waals surface area contributed by atoms with E-state index in [1.165, 1.54) is 11.1 Å². The highest BCUT2D eigenvalue weighted by Crippen LogP contribution is 2.16.